The number of esters is 1. The molecule has 0 heterocycles. The van der Waals surface area contributed by atoms with Gasteiger partial charge in [-0.2, -0.15) is 0 Å². The molecule has 1 atom stereocenters. The fourth-order valence-corrected chi connectivity index (χ4v) is 4.06. The molecule has 1 N–H and O–H groups in total. The van der Waals surface area contributed by atoms with E-state index in [1.54, 1.807) is 36.4 Å². The van der Waals surface area contributed by atoms with Gasteiger partial charge in [-0.3, -0.25) is 4.79 Å². The Balaban J connectivity index is 1.73. The van der Waals surface area contributed by atoms with Crippen LogP contribution in [0.4, 0.5) is 0 Å². The number of aryl methyl sites for hydroxylation is 1. The topological polar surface area (TPSA) is 72.5 Å². The van der Waals surface area contributed by atoms with Crippen molar-refractivity contribution in [1.29, 1.82) is 0 Å². The molecule has 0 aliphatic carbocycles. The van der Waals surface area contributed by atoms with Gasteiger partial charge in [-0.05, 0) is 30.2 Å². The smallest absolute Gasteiger partial charge is 0.310 e. The molecule has 5 nitrogen and oxygen atoms in total. The lowest BCUT2D eigenvalue weighted by Crippen LogP contribution is -2.32. The molecular formula is C23H23NO4S. The molecule has 0 amide bonds. The highest BCUT2D eigenvalue weighted by atomic mass is 32.2. The Hall–Kier alpha value is -2.96. The van der Waals surface area contributed by atoms with Gasteiger partial charge in [0.1, 0.15) is 6.61 Å². The van der Waals surface area contributed by atoms with Crippen molar-refractivity contribution in [3.05, 3.63) is 102 Å². The number of nitrogens with one attached hydrogen (secondary N) is 1. The van der Waals surface area contributed by atoms with Crippen LogP contribution in [0.5, 0.6) is 0 Å². The molecule has 0 fully saturated rings. The molecule has 3 aromatic rings. The maximum Gasteiger partial charge on any atom is 0.310 e. The summed E-state index contributed by atoms with van der Waals surface area (Å²) in [7, 11) is -3.77. The zero-order valence-electron chi connectivity index (χ0n) is 16.1. The standard InChI is InChI=1S/C23H23NO4S/c1-18-12-14-21(15-13-18)29(26,27)24-22(20-10-6-3-7-11-20)17-28-23(25)16-19-8-4-2-5-9-19/h2-15,22,24H,16-17H2,1H3. The predicted octanol–water partition coefficient (Wildman–Crippen LogP) is 3.80. The first-order valence-corrected chi connectivity index (χ1v) is 10.8. The number of ether oxygens (including phenoxy) is 1. The van der Waals surface area contributed by atoms with Crippen molar-refractivity contribution in [2.24, 2.45) is 0 Å². The van der Waals surface area contributed by atoms with Crippen molar-refractivity contribution in [3.8, 4) is 0 Å². The van der Waals surface area contributed by atoms with Gasteiger partial charge in [0.05, 0.1) is 17.4 Å². The minimum atomic E-state index is -3.77. The van der Waals surface area contributed by atoms with Crippen LogP contribution in [0.15, 0.2) is 89.8 Å². The second kappa shape index (κ2) is 9.49. The van der Waals surface area contributed by atoms with Crippen molar-refractivity contribution in [3.63, 3.8) is 0 Å². The summed E-state index contributed by atoms with van der Waals surface area (Å²) in [6.07, 6.45) is 0.132. The molecule has 0 radical (unpaired) electrons. The van der Waals surface area contributed by atoms with Gasteiger partial charge in [-0.15, -0.1) is 0 Å². The Kier molecular flexibility index (Phi) is 6.80. The molecule has 0 saturated heterocycles. The van der Waals surface area contributed by atoms with Crippen molar-refractivity contribution in [1.82, 2.24) is 4.72 Å². The highest BCUT2D eigenvalue weighted by Gasteiger charge is 2.23. The predicted molar refractivity (Wildman–Crippen MR) is 112 cm³/mol. The fraction of sp³-hybridized carbons (Fsp3) is 0.174. The van der Waals surface area contributed by atoms with Crippen LogP contribution in [0.25, 0.3) is 0 Å². The van der Waals surface area contributed by atoms with E-state index in [-0.39, 0.29) is 17.9 Å². The average molecular weight is 410 g/mol. The highest BCUT2D eigenvalue weighted by Crippen LogP contribution is 2.18. The van der Waals surface area contributed by atoms with Crippen molar-refractivity contribution < 1.29 is 17.9 Å². The summed E-state index contributed by atoms with van der Waals surface area (Å²) in [6, 6.07) is 24.2. The van der Waals surface area contributed by atoms with E-state index in [0.717, 1.165) is 16.7 Å². The molecule has 0 saturated carbocycles. The van der Waals surface area contributed by atoms with Gasteiger partial charge in [0, 0.05) is 0 Å². The first-order valence-electron chi connectivity index (χ1n) is 9.27. The number of sulfonamides is 1. The molecule has 1 unspecified atom stereocenters. The van der Waals surface area contributed by atoms with Crippen LogP contribution in [0, 0.1) is 6.92 Å². The number of benzene rings is 3. The summed E-state index contributed by atoms with van der Waals surface area (Å²) in [5.41, 5.74) is 2.53. The fourth-order valence-electron chi connectivity index (χ4n) is 2.85. The molecular weight excluding hydrogens is 386 g/mol. The van der Waals surface area contributed by atoms with E-state index in [2.05, 4.69) is 4.72 Å². The summed E-state index contributed by atoms with van der Waals surface area (Å²) in [4.78, 5) is 12.4. The molecule has 0 aliphatic rings. The van der Waals surface area contributed by atoms with Crippen LogP contribution in [0.1, 0.15) is 22.7 Å². The van der Waals surface area contributed by atoms with Crippen molar-refractivity contribution >= 4 is 16.0 Å². The van der Waals surface area contributed by atoms with Crippen LogP contribution in [0.3, 0.4) is 0 Å². The average Bonchev–Trinajstić information content (AvgIpc) is 2.73. The van der Waals surface area contributed by atoms with E-state index in [4.69, 9.17) is 4.74 Å². The molecule has 29 heavy (non-hydrogen) atoms. The van der Waals surface area contributed by atoms with Crippen LogP contribution in [-0.2, 0) is 26.0 Å². The van der Waals surface area contributed by atoms with Gasteiger partial charge in [0.2, 0.25) is 10.0 Å². The zero-order chi connectivity index (χ0) is 20.7. The minimum absolute atomic E-state index is 0.0965. The minimum Gasteiger partial charge on any atom is -0.463 e. The lowest BCUT2D eigenvalue weighted by atomic mass is 10.1. The summed E-state index contributed by atoms with van der Waals surface area (Å²) >= 11 is 0. The number of rotatable bonds is 8. The van der Waals surface area contributed by atoms with Gasteiger partial charge in [-0.25, -0.2) is 13.1 Å². The van der Waals surface area contributed by atoms with E-state index in [1.807, 2.05) is 55.5 Å². The maximum atomic E-state index is 12.8. The first-order chi connectivity index (χ1) is 13.9. The van der Waals surface area contributed by atoms with E-state index in [0.29, 0.717) is 0 Å². The van der Waals surface area contributed by atoms with E-state index < -0.39 is 22.0 Å². The molecule has 3 aromatic carbocycles. The van der Waals surface area contributed by atoms with Crippen LogP contribution >= 0.6 is 0 Å². The number of carbonyl (C=O) groups is 1. The van der Waals surface area contributed by atoms with Gasteiger partial charge in [0.25, 0.3) is 0 Å². The third-order valence-corrected chi connectivity index (χ3v) is 5.92. The normalized spacial score (nSPS) is 12.3. The second-order valence-electron chi connectivity index (χ2n) is 6.74. The Bertz CT molecular complexity index is 1030. The molecule has 150 valence electrons. The van der Waals surface area contributed by atoms with E-state index >= 15 is 0 Å². The Labute approximate surface area is 171 Å². The summed E-state index contributed by atoms with van der Waals surface area (Å²) in [5, 5.41) is 0. The largest absolute Gasteiger partial charge is 0.463 e. The van der Waals surface area contributed by atoms with Gasteiger partial charge >= 0.3 is 5.97 Å². The van der Waals surface area contributed by atoms with Gasteiger partial charge in [0.15, 0.2) is 0 Å². The Morgan fingerprint density at radius 3 is 2.10 bits per heavy atom. The van der Waals surface area contributed by atoms with Crippen LogP contribution < -0.4 is 4.72 Å². The molecule has 0 aliphatic heterocycles. The molecule has 0 aromatic heterocycles. The van der Waals surface area contributed by atoms with Crippen LogP contribution in [0.2, 0.25) is 0 Å². The monoisotopic (exact) mass is 409 g/mol. The summed E-state index contributed by atoms with van der Waals surface area (Å²) < 4.78 is 33.7. The Morgan fingerprint density at radius 1 is 0.897 bits per heavy atom. The van der Waals surface area contributed by atoms with Crippen LogP contribution in [-0.4, -0.2) is 21.0 Å². The quantitative estimate of drug-likeness (QED) is 0.575. The first kappa shape index (κ1) is 20.8. The van der Waals surface area contributed by atoms with Crippen molar-refractivity contribution in [2.45, 2.75) is 24.3 Å². The van der Waals surface area contributed by atoms with Gasteiger partial charge in [-0.1, -0.05) is 78.4 Å². The molecule has 0 spiro atoms. The lowest BCUT2D eigenvalue weighted by Gasteiger charge is -2.19. The number of hydrogen-bond acceptors (Lipinski definition) is 4. The number of hydrogen-bond donors (Lipinski definition) is 1. The summed E-state index contributed by atoms with van der Waals surface area (Å²) in [5.74, 6) is -0.410. The molecule has 0 bridgehead atoms. The maximum absolute atomic E-state index is 12.8. The SMILES string of the molecule is Cc1ccc(S(=O)(=O)NC(COC(=O)Cc2ccccc2)c2ccccc2)cc1. The van der Waals surface area contributed by atoms with Crippen molar-refractivity contribution in [2.75, 3.05) is 6.61 Å². The zero-order valence-corrected chi connectivity index (χ0v) is 16.9. The third kappa shape index (κ3) is 6.01. The Morgan fingerprint density at radius 2 is 1.48 bits per heavy atom. The van der Waals surface area contributed by atoms with E-state index in [1.165, 1.54) is 0 Å². The molecule has 6 heteroatoms. The third-order valence-electron chi connectivity index (χ3n) is 4.43. The second-order valence-corrected chi connectivity index (χ2v) is 8.46. The highest BCUT2D eigenvalue weighted by molar-refractivity contribution is 7.89. The molecule has 3 rings (SSSR count). The lowest BCUT2D eigenvalue weighted by molar-refractivity contribution is -0.143. The van der Waals surface area contributed by atoms with E-state index in [9.17, 15) is 13.2 Å². The van der Waals surface area contributed by atoms with Gasteiger partial charge < -0.3 is 4.74 Å². The number of carbonyl (C=O) groups excluding carboxylic acids is 1. The summed E-state index contributed by atoms with van der Waals surface area (Å²) in [6.45, 7) is 1.80.